The van der Waals surface area contributed by atoms with Gasteiger partial charge >= 0.3 is 0 Å². The summed E-state index contributed by atoms with van der Waals surface area (Å²) in [6.07, 6.45) is 0.950. The van der Waals surface area contributed by atoms with Crippen molar-refractivity contribution in [1.82, 2.24) is 5.32 Å². The highest BCUT2D eigenvalue weighted by Gasteiger charge is 1.98. The van der Waals surface area contributed by atoms with Crippen molar-refractivity contribution in [1.29, 1.82) is 0 Å². The Labute approximate surface area is 111 Å². The van der Waals surface area contributed by atoms with Gasteiger partial charge in [0.15, 0.2) is 0 Å². The molecule has 1 aromatic heterocycles. The second kappa shape index (κ2) is 7.48. The van der Waals surface area contributed by atoms with E-state index in [-0.39, 0.29) is 6.61 Å². The SMILES string of the molecule is OCCNCCOCCc1ccc2sccc2c1. The third-order valence-electron chi connectivity index (χ3n) is 2.76. The molecule has 0 aliphatic rings. The van der Waals surface area contributed by atoms with Crippen molar-refractivity contribution in [2.45, 2.75) is 6.42 Å². The Hall–Kier alpha value is -0.940. The maximum atomic E-state index is 8.58. The van der Waals surface area contributed by atoms with Crippen molar-refractivity contribution in [3.8, 4) is 0 Å². The van der Waals surface area contributed by atoms with E-state index in [2.05, 4.69) is 35.0 Å². The number of thiophene rings is 1. The molecule has 98 valence electrons. The minimum absolute atomic E-state index is 0.181. The first-order valence-corrected chi connectivity index (χ1v) is 7.13. The summed E-state index contributed by atoms with van der Waals surface area (Å²) in [4.78, 5) is 0. The van der Waals surface area contributed by atoms with Gasteiger partial charge in [0, 0.05) is 17.8 Å². The highest BCUT2D eigenvalue weighted by Crippen LogP contribution is 2.21. The van der Waals surface area contributed by atoms with Crippen LogP contribution in [0.3, 0.4) is 0 Å². The van der Waals surface area contributed by atoms with Gasteiger partial charge in [-0.15, -0.1) is 11.3 Å². The highest BCUT2D eigenvalue weighted by molar-refractivity contribution is 7.17. The average Bonchev–Trinajstić information content (AvgIpc) is 2.85. The second-order valence-corrected chi connectivity index (χ2v) is 5.08. The van der Waals surface area contributed by atoms with Gasteiger partial charge in [-0.05, 0) is 34.9 Å². The fraction of sp³-hybridized carbons (Fsp3) is 0.429. The van der Waals surface area contributed by atoms with Crippen LogP contribution in [-0.2, 0) is 11.2 Å². The molecule has 2 N–H and O–H groups in total. The summed E-state index contributed by atoms with van der Waals surface area (Å²) in [7, 11) is 0. The molecule has 1 heterocycles. The van der Waals surface area contributed by atoms with Gasteiger partial charge < -0.3 is 15.2 Å². The van der Waals surface area contributed by atoms with Crippen LogP contribution >= 0.6 is 11.3 Å². The summed E-state index contributed by atoms with van der Waals surface area (Å²) in [5.74, 6) is 0. The molecule has 0 amide bonds. The first kappa shape index (κ1) is 13.5. The quantitative estimate of drug-likeness (QED) is 0.718. The Kier molecular flexibility index (Phi) is 5.61. The van der Waals surface area contributed by atoms with Gasteiger partial charge in [0.2, 0.25) is 0 Å². The molecule has 0 spiro atoms. The van der Waals surface area contributed by atoms with Crippen LogP contribution in [0.5, 0.6) is 0 Å². The lowest BCUT2D eigenvalue weighted by Crippen LogP contribution is -2.23. The number of rotatable bonds is 8. The van der Waals surface area contributed by atoms with E-state index in [1.807, 2.05) is 0 Å². The number of ether oxygens (including phenoxy) is 1. The van der Waals surface area contributed by atoms with E-state index >= 15 is 0 Å². The molecule has 0 saturated carbocycles. The fourth-order valence-corrected chi connectivity index (χ4v) is 2.58. The van der Waals surface area contributed by atoms with Crippen molar-refractivity contribution in [2.75, 3.05) is 32.9 Å². The van der Waals surface area contributed by atoms with Gasteiger partial charge in [-0.1, -0.05) is 12.1 Å². The normalized spacial score (nSPS) is 11.2. The smallest absolute Gasteiger partial charge is 0.0591 e. The van der Waals surface area contributed by atoms with Crippen molar-refractivity contribution in [2.24, 2.45) is 0 Å². The van der Waals surface area contributed by atoms with Crippen molar-refractivity contribution >= 4 is 21.4 Å². The second-order valence-electron chi connectivity index (χ2n) is 4.13. The number of benzene rings is 1. The maximum absolute atomic E-state index is 8.58. The Bertz CT molecular complexity index is 470. The van der Waals surface area contributed by atoms with E-state index in [4.69, 9.17) is 9.84 Å². The summed E-state index contributed by atoms with van der Waals surface area (Å²) in [5.41, 5.74) is 1.32. The van der Waals surface area contributed by atoms with Crippen molar-refractivity contribution < 1.29 is 9.84 Å². The molecule has 0 unspecified atom stereocenters. The molecule has 2 rings (SSSR count). The zero-order valence-corrected chi connectivity index (χ0v) is 11.2. The third-order valence-corrected chi connectivity index (χ3v) is 3.66. The standard InChI is InChI=1S/C14H19NO2S/c16-7-5-15-6-9-17-8-3-12-1-2-14-13(11-12)4-10-18-14/h1-2,4,10-11,15-16H,3,5-9H2. The number of aliphatic hydroxyl groups excluding tert-OH is 1. The van der Waals surface area contributed by atoms with Crippen molar-refractivity contribution in [3.63, 3.8) is 0 Å². The van der Waals surface area contributed by atoms with E-state index in [0.717, 1.165) is 19.6 Å². The molecule has 18 heavy (non-hydrogen) atoms. The zero-order chi connectivity index (χ0) is 12.6. The van der Waals surface area contributed by atoms with Crippen LogP contribution in [0.15, 0.2) is 29.6 Å². The molecule has 1 aromatic carbocycles. The first-order valence-electron chi connectivity index (χ1n) is 6.25. The third kappa shape index (κ3) is 4.07. The Balaban J connectivity index is 1.67. The topological polar surface area (TPSA) is 41.5 Å². The Morgan fingerprint density at radius 2 is 2.11 bits per heavy atom. The van der Waals surface area contributed by atoms with Crippen LogP contribution in [0.25, 0.3) is 10.1 Å². The van der Waals surface area contributed by atoms with Crippen LogP contribution in [0.2, 0.25) is 0 Å². The lowest BCUT2D eigenvalue weighted by atomic mass is 10.1. The number of hydrogen-bond acceptors (Lipinski definition) is 4. The van der Waals surface area contributed by atoms with E-state index in [9.17, 15) is 0 Å². The molecule has 0 bridgehead atoms. The Morgan fingerprint density at radius 1 is 1.17 bits per heavy atom. The van der Waals surface area contributed by atoms with Crippen molar-refractivity contribution in [3.05, 3.63) is 35.2 Å². The van der Waals surface area contributed by atoms with Gasteiger partial charge in [0.25, 0.3) is 0 Å². The average molecular weight is 265 g/mol. The predicted molar refractivity (Wildman–Crippen MR) is 76.3 cm³/mol. The summed E-state index contributed by atoms with van der Waals surface area (Å²) in [6.45, 7) is 3.06. The molecule has 0 fully saturated rings. The van der Waals surface area contributed by atoms with Crippen LogP contribution in [0, 0.1) is 0 Å². The summed E-state index contributed by atoms with van der Waals surface area (Å²) in [5, 5.41) is 15.1. The van der Waals surface area contributed by atoms with E-state index in [0.29, 0.717) is 13.2 Å². The summed E-state index contributed by atoms with van der Waals surface area (Å²) < 4.78 is 6.88. The molecule has 3 nitrogen and oxygen atoms in total. The monoisotopic (exact) mass is 265 g/mol. The first-order chi connectivity index (χ1) is 8.90. The van der Waals surface area contributed by atoms with Gasteiger partial charge in [0.05, 0.1) is 19.8 Å². The van der Waals surface area contributed by atoms with Gasteiger partial charge in [-0.2, -0.15) is 0 Å². The number of aliphatic hydroxyl groups is 1. The lowest BCUT2D eigenvalue weighted by molar-refractivity contribution is 0.137. The summed E-state index contributed by atoms with van der Waals surface area (Å²) in [6, 6.07) is 8.74. The van der Waals surface area contributed by atoms with E-state index in [1.54, 1.807) is 11.3 Å². The summed E-state index contributed by atoms with van der Waals surface area (Å²) >= 11 is 1.78. The molecule has 2 aromatic rings. The molecular formula is C14H19NO2S. The molecule has 0 atom stereocenters. The van der Waals surface area contributed by atoms with E-state index in [1.165, 1.54) is 15.6 Å². The van der Waals surface area contributed by atoms with Crippen LogP contribution in [-0.4, -0.2) is 38.0 Å². The predicted octanol–water partition coefficient (Wildman–Crippen LogP) is 2.04. The molecule has 0 aliphatic heterocycles. The Morgan fingerprint density at radius 3 is 3.00 bits per heavy atom. The maximum Gasteiger partial charge on any atom is 0.0591 e. The molecule has 4 heteroatoms. The van der Waals surface area contributed by atoms with Gasteiger partial charge in [-0.3, -0.25) is 0 Å². The van der Waals surface area contributed by atoms with Crippen LogP contribution in [0.1, 0.15) is 5.56 Å². The highest BCUT2D eigenvalue weighted by atomic mass is 32.1. The molecule has 0 saturated heterocycles. The fourth-order valence-electron chi connectivity index (χ4n) is 1.81. The van der Waals surface area contributed by atoms with Gasteiger partial charge in [0.1, 0.15) is 0 Å². The lowest BCUT2D eigenvalue weighted by Gasteiger charge is -2.05. The number of hydrogen-bond donors (Lipinski definition) is 2. The zero-order valence-electron chi connectivity index (χ0n) is 10.4. The van der Waals surface area contributed by atoms with Crippen LogP contribution < -0.4 is 5.32 Å². The van der Waals surface area contributed by atoms with Gasteiger partial charge in [-0.25, -0.2) is 0 Å². The molecule has 0 aliphatic carbocycles. The van der Waals surface area contributed by atoms with Crippen LogP contribution in [0.4, 0.5) is 0 Å². The number of fused-ring (bicyclic) bond motifs is 1. The largest absolute Gasteiger partial charge is 0.395 e. The minimum Gasteiger partial charge on any atom is -0.395 e. The molecule has 0 radical (unpaired) electrons. The van der Waals surface area contributed by atoms with E-state index < -0.39 is 0 Å². The molecular weight excluding hydrogens is 246 g/mol. The minimum atomic E-state index is 0.181. The number of nitrogens with one attached hydrogen (secondary N) is 1.